The van der Waals surface area contributed by atoms with Gasteiger partial charge >= 0.3 is 5.97 Å². The zero-order valence-electron chi connectivity index (χ0n) is 15.0. The van der Waals surface area contributed by atoms with E-state index in [1.807, 2.05) is 56.3 Å². The topological polar surface area (TPSA) is 55.3 Å². The van der Waals surface area contributed by atoms with E-state index in [2.05, 4.69) is 11.9 Å². The maximum Gasteiger partial charge on any atom is 0.313 e. The lowest BCUT2D eigenvalue weighted by molar-refractivity contribution is -0.142. The number of carbonyl (C=O) groups is 1. The second kappa shape index (κ2) is 7.90. The van der Waals surface area contributed by atoms with E-state index < -0.39 is 0 Å². The predicted octanol–water partition coefficient (Wildman–Crippen LogP) is 3.57. The number of rotatable bonds is 6. The number of anilines is 1. The van der Waals surface area contributed by atoms with Gasteiger partial charge in [-0.25, -0.2) is 9.97 Å². The molecular formula is C19H25N3O2. The van der Waals surface area contributed by atoms with E-state index in [0.29, 0.717) is 12.4 Å². The van der Waals surface area contributed by atoms with Crippen LogP contribution >= 0.6 is 0 Å². The number of aryl methyl sites for hydroxylation is 1. The van der Waals surface area contributed by atoms with E-state index in [0.717, 1.165) is 28.9 Å². The average Bonchev–Trinajstić information content (AvgIpc) is 2.59. The third kappa shape index (κ3) is 3.72. The molecule has 0 saturated heterocycles. The van der Waals surface area contributed by atoms with Gasteiger partial charge in [0.05, 0.1) is 18.7 Å². The highest BCUT2D eigenvalue weighted by atomic mass is 16.5. The van der Waals surface area contributed by atoms with Crippen molar-refractivity contribution in [2.45, 2.75) is 32.6 Å². The minimum Gasteiger partial charge on any atom is -0.469 e. The number of hydrogen-bond acceptors (Lipinski definition) is 5. The van der Waals surface area contributed by atoms with Crippen molar-refractivity contribution in [2.75, 3.05) is 26.1 Å². The minimum atomic E-state index is -0.355. The Kier molecular flexibility index (Phi) is 5.90. The van der Waals surface area contributed by atoms with Crippen molar-refractivity contribution in [3.05, 3.63) is 41.6 Å². The largest absolute Gasteiger partial charge is 0.469 e. The Morgan fingerprint density at radius 2 is 1.88 bits per heavy atom. The van der Waals surface area contributed by atoms with Gasteiger partial charge in [-0.05, 0) is 13.3 Å². The summed E-state index contributed by atoms with van der Waals surface area (Å²) < 4.78 is 5.04. The Labute approximate surface area is 143 Å². The summed E-state index contributed by atoms with van der Waals surface area (Å²) in [6, 6.07) is 9.92. The average molecular weight is 327 g/mol. The monoisotopic (exact) mass is 327 g/mol. The smallest absolute Gasteiger partial charge is 0.313 e. The molecule has 0 aliphatic rings. The van der Waals surface area contributed by atoms with Crippen LogP contribution in [0.2, 0.25) is 0 Å². The summed E-state index contributed by atoms with van der Waals surface area (Å²) in [5.41, 5.74) is 3.46. The standard InChI is InChI=1S/C19H25N3O2/c1-6-10-15(18(23)24-5)16-13(2)20-19(22(3)4)21-17(16)14-11-8-7-9-12-14/h7-9,11-12,15H,6,10H2,1-5H3. The van der Waals surface area contributed by atoms with E-state index >= 15 is 0 Å². The number of aromatic nitrogens is 2. The van der Waals surface area contributed by atoms with Crippen molar-refractivity contribution in [3.8, 4) is 11.3 Å². The Hall–Kier alpha value is -2.43. The third-order valence-corrected chi connectivity index (χ3v) is 3.98. The van der Waals surface area contributed by atoms with E-state index in [9.17, 15) is 4.79 Å². The van der Waals surface area contributed by atoms with Crippen LogP contribution in [-0.2, 0) is 9.53 Å². The summed E-state index contributed by atoms with van der Waals surface area (Å²) in [5.74, 6) is 0.0416. The maximum atomic E-state index is 12.4. The third-order valence-electron chi connectivity index (χ3n) is 3.98. The fraction of sp³-hybridized carbons (Fsp3) is 0.421. The van der Waals surface area contributed by atoms with E-state index in [-0.39, 0.29) is 11.9 Å². The first kappa shape index (κ1) is 17.9. The summed E-state index contributed by atoms with van der Waals surface area (Å²) in [6.45, 7) is 3.99. The molecule has 0 aliphatic carbocycles. The molecule has 1 aromatic carbocycles. The van der Waals surface area contributed by atoms with Gasteiger partial charge < -0.3 is 9.64 Å². The van der Waals surface area contributed by atoms with Gasteiger partial charge in [0.25, 0.3) is 0 Å². The van der Waals surface area contributed by atoms with E-state index in [4.69, 9.17) is 9.72 Å². The molecule has 2 aromatic rings. The lowest BCUT2D eigenvalue weighted by Crippen LogP contribution is -2.20. The van der Waals surface area contributed by atoms with Crippen molar-refractivity contribution in [2.24, 2.45) is 0 Å². The highest BCUT2D eigenvalue weighted by Gasteiger charge is 2.28. The number of esters is 1. The van der Waals surface area contributed by atoms with Gasteiger partial charge in [-0.1, -0.05) is 43.7 Å². The molecular weight excluding hydrogens is 302 g/mol. The molecule has 0 amide bonds. The highest BCUT2D eigenvalue weighted by Crippen LogP contribution is 2.34. The Balaban J connectivity index is 2.71. The fourth-order valence-corrected chi connectivity index (χ4v) is 2.81. The first-order chi connectivity index (χ1) is 11.5. The molecule has 0 fully saturated rings. The van der Waals surface area contributed by atoms with E-state index in [1.54, 1.807) is 0 Å². The summed E-state index contributed by atoms with van der Waals surface area (Å²) in [4.78, 5) is 23.6. The fourth-order valence-electron chi connectivity index (χ4n) is 2.81. The van der Waals surface area contributed by atoms with Crippen molar-refractivity contribution in [1.29, 1.82) is 0 Å². The minimum absolute atomic E-state index is 0.238. The normalized spacial score (nSPS) is 11.9. The van der Waals surface area contributed by atoms with Gasteiger partial charge in [-0.2, -0.15) is 0 Å². The summed E-state index contributed by atoms with van der Waals surface area (Å²) in [6.07, 6.45) is 1.58. The number of nitrogens with zero attached hydrogens (tertiary/aromatic N) is 3. The molecule has 1 unspecified atom stereocenters. The van der Waals surface area contributed by atoms with Crippen molar-refractivity contribution in [1.82, 2.24) is 9.97 Å². The molecule has 2 rings (SSSR count). The van der Waals surface area contributed by atoms with Crippen LogP contribution in [0.5, 0.6) is 0 Å². The molecule has 128 valence electrons. The molecule has 0 N–H and O–H groups in total. The van der Waals surface area contributed by atoms with Crippen LogP contribution in [0.25, 0.3) is 11.3 Å². The van der Waals surface area contributed by atoms with Gasteiger partial charge in [-0.3, -0.25) is 4.79 Å². The van der Waals surface area contributed by atoms with Crippen molar-refractivity contribution < 1.29 is 9.53 Å². The van der Waals surface area contributed by atoms with Gasteiger partial charge in [-0.15, -0.1) is 0 Å². The van der Waals surface area contributed by atoms with Crippen LogP contribution in [0, 0.1) is 6.92 Å². The molecule has 0 spiro atoms. The Bertz CT molecular complexity index is 699. The van der Waals surface area contributed by atoms with Gasteiger partial charge in [0.2, 0.25) is 5.95 Å². The molecule has 5 heteroatoms. The zero-order chi connectivity index (χ0) is 17.7. The van der Waals surface area contributed by atoms with Gasteiger partial charge in [0.15, 0.2) is 0 Å². The summed E-state index contributed by atoms with van der Waals surface area (Å²) in [5, 5.41) is 0. The predicted molar refractivity (Wildman–Crippen MR) is 96.2 cm³/mol. The van der Waals surface area contributed by atoms with E-state index in [1.165, 1.54) is 7.11 Å². The lowest BCUT2D eigenvalue weighted by Gasteiger charge is -2.22. The van der Waals surface area contributed by atoms with Gasteiger partial charge in [0, 0.05) is 30.9 Å². The highest BCUT2D eigenvalue weighted by molar-refractivity contribution is 5.82. The van der Waals surface area contributed by atoms with Crippen molar-refractivity contribution in [3.63, 3.8) is 0 Å². The molecule has 1 atom stereocenters. The van der Waals surface area contributed by atoms with Crippen LogP contribution in [0.1, 0.15) is 36.9 Å². The second-order valence-electron chi connectivity index (χ2n) is 6.00. The van der Waals surface area contributed by atoms with Crippen molar-refractivity contribution >= 4 is 11.9 Å². The van der Waals surface area contributed by atoms with Crippen LogP contribution in [-0.4, -0.2) is 37.1 Å². The second-order valence-corrected chi connectivity index (χ2v) is 6.00. The number of methoxy groups -OCH3 is 1. The molecule has 1 heterocycles. The molecule has 0 saturated carbocycles. The first-order valence-electron chi connectivity index (χ1n) is 8.18. The number of carbonyl (C=O) groups excluding carboxylic acids is 1. The summed E-state index contributed by atoms with van der Waals surface area (Å²) in [7, 11) is 5.25. The quantitative estimate of drug-likeness (QED) is 0.759. The molecule has 5 nitrogen and oxygen atoms in total. The van der Waals surface area contributed by atoms with Gasteiger partial charge in [0.1, 0.15) is 0 Å². The Morgan fingerprint density at radius 1 is 1.21 bits per heavy atom. The lowest BCUT2D eigenvalue weighted by atomic mass is 9.89. The SMILES string of the molecule is CCCC(C(=O)OC)c1c(C)nc(N(C)C)nc1-c1ccccc1. The molecule has 0 bridgehead atoms. The zero-order valence-corrected chi connectivity index (χ0v) is 15.0. The first-order valence-corrected chi connectivity index (χ1v) is 8.18. The van der Waals surface area contributed by atoms with Crippen LogP contribution in [0.3, 0.4) is 0 Å². The number of ether oxygens (including phenoxy) is 1. The molecule has 0 radical (unpaired) electrons. The van der Waals surface area contributed by atoms with Crippen LogP contribution in [0.4, 0.5) is 5.95 Å². The Morgan fingerprint density at radius 3 is 2.42 bits per heavy atom. The number of benzene rings is 1. The molecule has 1 aromatic heterocycles. The number of hydrogen-bond donors (Lipinski definition) is 0. The van der Waals surface area contributed by atoms with Crippen LogP contribution in [0.15, 0.2) is 30.3 Å². The molecule has 0 aliphatic heterocycles. The summed E-state index contributed by atoms with van der Waals surface area (Å²) >= 11 is 0. The van der Waals surface area contributed by atoms with Crippen LogP contribution < -0.4 is 4.90 Å². The molecule has 24 heavy (non-hydrogen) atoms. The maximum absolute atomic E-state index is 12.4.